The van der Waals surface area contributed by atoms with E-state index >= 15 is 0 Å². The molecule has 0 heterocycles. The zero-order chi connectivity index (χ0) is 15.1. The fraction of sp³-hybridized carbons (Fsp3) is 0.462. The molecule has 1 saturated carbocycles. The maximum Gasteiger partial charge on any atom is 0.314 e. The molecule has 3 atom stereocenters. The minimum Gasteiger partial charge on any atom is -0.481 e. The number of ether oxygens (including phenoxy) is 1. The predicted molar refractivity (Wildman–Crippen MR) is 74.8 cm³/mol. The van der Waals surface area contributed by atoms with Gasteiger partial charge < -0.3 is 9.84 Å². The number of carbonyl (C=O) groups is 1. The van der Waals surface area contributed by atoms with E-state index in [1.165, 1.54) is 7.11 Å². The molecule has 1 aliphatic carbocycles. The van der Waals surface area contributed by atoms with Crippen molar-refractivity contribution in [3.05, 3.63) is 34.9 Å². The molecule has 0 saturated heterocycles. The van der Waals surface area contributed by atoms with E-state index in [0.29, 0.717) is 10.6 Å². The van der Waals surface area contributed by atoms with Crippen LogP contribution in [0.4, 0.5) is 0 Å². The fourth-order valence-electron chi connectivity index (χ4n) is 2.93. The fourth-order valence-corrected chi connectivity index (χ4v) is 5.03. The van der Waals surface area contributed by atoms with Crippen molar-refractivity contribution >= 4 is 27.4 Å². The number of aliphatic carboxylic acids is 1. The van der Waals surface area contributed by atoms with Gasteiger partial charge in [-0.3, -0.25) is 4.79 Å². The van der Waals surface area contributed by atoms with Crippen LogP contribution >= 0.6 is 11.6 Å². The molecule has 0 aromatic heterocycles. The minimum atomic E-state index is -3.52. The second-order valence-corrected chi connectivity index (χ2v) is 7.66. The van der Waals surface area contributed by atoms with E-state index in [9.17, 15) is 18.3 Å². The lowest BCUT2D eigenvalue weighted by atomic mass is 10.00. The highest BCUT2D eigenvalue weighted by atomic mass is 35.5. The van der Waals surface area contributed by atoms with Crippen LogP contribution < -0.4 is 0 Å². The van der Waals surface area contributed by atoms with E-state index in [4.69, 9.17) is 16.3 Å². The van der Waals surface area contributed by atoms with Gasteiger partial charge in [0.1, 0.15) is 5.41 Å². The molecule has 0 aliphatic heterocycles. The van der Waals surface area contributed by atoms with Crippen LogP contribution in [-0.4, -0.2) is 44.7 Å². The number of rotatable bonds is 5. The third-order valence-electron chi connectivity index (χ3n) is 3.71. The molecule has 2 rings (SSSR count). The molecule has 0 amide bonds. The first-order chi connectivity index (χ1) is 9.25. The van der Waals surface area contributed by atoms with Gasteiger partial charge in [0.15, 0.2) is 9.84 Å². The van der Waals surface area contributed by atoms with Crippen molar-refractivity contribution in [1.29, 1.82) is 0 Å². The normalized spacial score (nSPS) is 29.1. The number of hydrogen-bond acceptors (Lipinski definition) is 4. The average Bonchev–Trinajstić information content (AvgIpc) is 3.00. The topological polar surface area (TPSA) is 80.7 Å². The van der Waals surface area contributed by atoms with Gasteiger partial charge in [-0.25, -0.2) is 8.42 Å². The molecule has 0 spiro atoms. The molecule has 1 aromatic rings. The van der Waals surface area contributed by atoms with Gasteiger partial charge in [0.2, 0.25) is 0 Å². The van der Waals surface area contributed by atoms with Crippen molar-refractivity contribution in [1.82, 2.24) is 0 Å². The van der Waals surface area contributed by atoms with Crippen LogP contribution in [0.2, 0.25) is 5.02 Å². The van der Waals surface area contributed by atoms with Gasteiger partial charge in [0, 0.05) is 24.3 Å². The Bertz CT molecular complexity index is 642. The van der Waals surface area contributed by atoms with Crippen molar-refractivity contribution in [3.63, 3.8) is 0 Å². The minimum absolute atomic E-state index is 0.156. The summed E-state index contributed by atoms with van der Waals surface area (Å²) >= 11 is 5.90. The number of benzene rings is 1. The lowest BCUT2D eigenvalue weighted by Gasteiger charge is -2.11. The number of halogens is 1. The molecule has 20 heavy (non-hydrogen) atoms. The van der Waals surface area contributed by atoms with Crippen LogP contribution in [0.1, 0.15) is 11.5 Å². The largest absolute Gasteiger partial charge is 0.481 e. The highest BCUT2D eigenvalue weighted by Gasteiger charge is 2.75. The van der Waals surface area contributed by atoms with Crippen molar-refractivity contribution < 1.29 is 23.1 Å². The molecule has 5 nitrogen and oxygen atoms in total. The smallest absolute Gasteiger partial charge is 0.314 e. The van der Waals surface area contributed by atoms with Crippen LogP contribution in [0.25, 0.3) is 0 Å². The summed E-state index contributed by atoms with van der Waals surface area (Å²) in [7, 11) is -2.16. The molecule has 1 aliphatic rings. The molecule has 1 fully saturated rings. The zero-order valence-electron chi connectivity index (χ0n) is 11.0. The Labute approximate surface area is 122 Å². The average molecular weight is 319 g/mol. The van der Waals surface area contributed by atoms with E-state index < -0.39 is 32.4 Å². The highest BCUT2D eigenvalue weighted by molar-refractivity contribution is 7.91. The predicted octanol–water partition coefficient (Wildman–Crippen LogP) is 1.57. The molecule has 0 radical (unpaired) electrons. The van der Waals surface area contributed by atoms with Crippen molar-refractivity contribution in [2.45, 2.75) is 11.2 Å². The van der Waals surface area contributed by atoms with Crippen LogP contribution in [0.5, 0.6) is 0 Å². The van der Waals surface area contributed by atoms with E-state index in [2.05, 4.69) is 0 Å². The first kappa shape index (κ1) is 15.3. The molecular formula is C13H15ClO5S. The molecule has 7 heteroatoms. The second-order valence-electron chi connectivity index (χ2n) is 5.06. The van der Waals surface area contributed by atoms with Gasteiger partial charge in [-0.2, -0.15) is 0 Å². The standard InChI is InChI=1S/C13H15ClO5S/c1-19-7-13(12(15)16)10(11(13)20(2,17)18)8-4-3-5-9(14)6-8/h3-6,10-11H,7H2,1-2H3,(H,15,16). The van der Waals surface area contributed by atoms with Crippen molar-refractivity contribution in [3.8, 4) is 0 Å². The Morgan fingerprint density at radius 1 is 1.50 bits per heavy atom. The molecule has 110 valence electrons. The number of sulfone groups is 1. The van der Waals surface area contributed by atoms with Gasteiger partial charge in [-0.15, -0.1) is 0 Å². The lowest BCUT2D eigenvalue weighted by Crippen LogP contribution is -2.28. The summed E-state index contributed by atoms with van der Waals surface area (Å²) in [5, 5.41) is 8.94. The van der Waals surface area contributed by atoms with Gasteiger partial charge >= 0.3 is 5.97 Å². The first-order valence-corrected chi connectivity index (χ1v) is 8.25. The Kier molecular flexibility index (Phi) is 3.83. The summed E-state index contributed by atoms with van der Waals surface area (Å²) in [6.45, 7) is -0.156. The number of hydrogen-bond donors (Lipinski definition) is 1. The maximum atomic E-state index is 11.9. The van der Waals surface area contributed by atoms with Crippen molar-refractivity contribution in [2.24, 2.45) is 5.41 Å². The van der Waals surface area contributed by atoms with E-state index in [1.54, 1.807) is 24.3 Å². The van der Waals surface area contributed by atoms with E-state index in [0.717, 1.165) is 6.26 Å². The Morgan fingerprint density at radius 2 is 2.15 bits per heavy atom. The van der Waals surface area contributed by atoms with Gasteiger partial charge in [-0.05, 0) is 17.7 Å². The van der Waals surface area contributed by atoms with Crippen LogP contribution in [0, 0.1) is 5.41 Å². The molecule has 3 unspecified atom stereocenters. The Morgan fingerprint density at radius 3 is 2.60 bits per heavy atom. The lowest BCUT2D eigenvalue weighted by molar-refractivity contribution is -0.145. The van der Waals surface area contributed by atoms with Crippen LogP contribution in [0.15, 0.2) is 24.3 Å². The van der Waals surface area contributed by atoms with Crippen LogP contribution in [0.3, 0.4) is 0 Å². The third kappa shape index (κ3) is 2.32. The van der Waals surface area contributed by atoms with Gasteiger partial charge in [-0.1, -0.05) is 23.7 Å². The van der Waals surface area contributed by atoms with Gasteiger partial charge in [0.25, 0.3) is 0 Å². The second kappa shape index (κ2) is 5.02. The Balaban J connectivity index is 2.53. The number of carboxylic acid groups (broad SMARTS) is 1. The monoisotopic (exact) mass is 318 g/mol. The zero-order valence-corrected chi connectivity index (χ0v) is 12.6. The van der Waals surface area contributed by atoms with E-state index in [-0.39, 0.29) is 6.61 Å². The number of carboxylic acids is 1. The van der Waals surface area contributed by atoms with Gasteiger partial charge in [0.05, 0.1) is 11.9 Å². The summed E-state index contributed by atoms with van der Waals surface area (Å²) in [6, 6.07) is 6.62. The summed E-state index contributed by atoms with van der Waals surface area (Å²) in [4.78, 5) is 11.6. The third-order valence-corrected chi connectivity index (χ3v) is 5.56. The summed E-state index contributed by atoms with van der Waals surface area (Å²) in [6.07, 6.45) is 1.05. The summed E-state index contributed by atoms with van der Waals surface area (Å²) in [5.41, 5.74) is -0.833. The maximum absolute atomic E-state index is 11.9. The number of methoxy groups -OCH3 is 1. The summed E-state index contributed by atoms with van der Waals surface area (Å²) in [5.74, 6) is -1.81. The summed E-state index contributed by atoms with van der Waals surface area (Å²) < 4.78 is 28.8. The SMILES string of the molecule is COCC1(C(=O)O)C(c2cccc(Cl)c2)C1S(C)(=O)=O. The molecule has 1 aromatic carbocycles. The van der Waals surface area contributed by atoms with Crippen LogP contribution in [-0.2, 0) is 19.4 Å². The van der Waals surface area contributed by atoms with Crippen molar-refractivity contribution in [2.75, 3.05) is 20.0 Å². The Hall–Kier alpha value is -1.11. The van der Waals surface area contributed by atoms with E-state index in [1.807, 2.05) is 0 Å². The molecule has 1 N–H and O–H groups in total. The highest BCUT2D eigenvalue weighted by Crippen LogP contribution is 2.63. The first-order valence-electron chi connectivity index (χ1n) is 5.92. The molecule has 0 bridgehead atoms. The molecular weight excluding hydrogens is 304 g/mol. The quantitative estimate of drug-likeness (QED) is 0.891.